The van der Waals surface area contributed by atoms with Crippen molar-refractivity contribution < 1.29 is 0 Å². The molecule has 1 atom stereocenters. The van der Waals surface area contributed by atoms with Crippen molar-refractivity contribution in [2.45, 2.75) is 31.2 Å². The highest BCUT2D eigenvalue weighted by Crippen LogP contribution is 2.18. The van der Waals surface area contributed by atoms with Crippen molar-refractivity contribution in [2.75, 3.05) is 18.8 Å². The average Bonchev–Trinajstić information content (AvgIpc) is 2.35. The van der Waals surface area contributed by atoms with Crippen molar-refractivity contribution in [3.63, 3.8) is 0 Å². The summed E-state index contributed by atoms with van der Waals surface area (Å²) in [4.78, 5) is 1.33. The minimum Gasteiger partial charge on any atom is -0.329 e. The lowest BCUT2D eigenvalue weighted by atomic mass is 9.88. The molecule has 0 aliphatic rings. The van der Waals surface area contributed by atoms with E-state index in [4.69, 9.17) is 5.73 Å². The second-order valence-electron chi connectivity index (χ2n) is 4.86. The van der Waals surface area contributed by atoms with Crippen LogP contribution in [0.1, 0.15) is 20.8 Å². The summed E-state index contributed by atoms with van der Waals surface area (Å²) >= 11 is 1.88. The Morgan fingerprint density at radius 1 is 1.28 bits per heavy atom. The van der Waals surface area contributed by atoms with Gasteiger partial charge >= 0.3 is 0 Å². The van der Waals surface area contributed by atoms with Crippen LogP contribution in [-0.2, 0) is 0 Å². The second kappa shape index (κ2) is 8.81. The predicted molar refractivity (Wildman–Crippen MR) is 84.7 cm³/mol. The van der Waals surface area contributed by atoms with E-state index in [2.05, 4.69) is 50.4 Å². The summed E-state index contributed by atoms with van der Waals surface area (Å²) in [5, 5.41) is 3.57. The lowest BCUT2D eigenvalue weighted by Gasteiger charge is -2.33. The van der Waals surface area contributed by atoms with Crippen LogP contribution in [0, 0.1) is 5.92 Å². The van der Waals surface area contributed by atoms with Crippen molar-refractivity contribution >= 4 is 24.2 Å². The molecule has 4 heteroatoms. The Morgan fingerprint density at radius 2 is 1.89 bits per heavy atom. The van der Waals surface area contributed by atoms with E-state index >= 15 is 0 Å². The number of hydrogen-bond donors (Lipinski definition) is 2. The fourth-order valence-corrected chi connectivity index (χ4v) is 2.32. The molecule has 0 bridgehead atoms. The maximum atomic E-state index is 5.83. The zero-order chi connectivity index (χ0) is 12.7. The standard InChI is InChI=1S/C14H24N2S.ClH/c1-12(2)14(3,11-15)16-9-10-17-13-7-5-4-6-8-13;/h4-8,12,16H,9-11,15H2,1-3H3;1H. The van der Waals surface area contributed by atoms with Crippen molar-refractivity contribution in [1.82, 2.24) is 5.32 Å². The van der Waals surface area contributed by atoms with Crippen molar-refractivity contribution in [1.29, 1.82) is 0 Å². The number of hydrogen-bond acceptors (Lipinski definition) is 3. The van der Waals surface area contributed by atoms with Gasteiger partial charge in [-0.05, 0) is 25.0 Å². The van der Waals surface area contributed by atoms with E-state index in [9.17, 15) is 0 Å². The first kappa shape index (κ1) is 17.8. The summed E-state index contributed by atoms with van der Waals surface area (Å²) in [6.45, 7) is 8.30. The van der Waals surface area contributed by atoms with Crippen LogP contribution >= 0.6 is 24.2 Å². The van der Waals surface area contributed by atoms with Gasteiger partial charge in [0, 0.05) is 29.3 Å². The van der Waals surface area contributed by atoms with Crippen LogP contribution < -0.4 is 11.1 Å². The molecule has 0 fully saturated rings. The summed E-state index contributed by atoms with van der Waals surface area (Å²) in [5.41, 5.74) is 5.88. The Balaban J connectivity index is 0.00000289. The van der Waals surface area contributed by atoms with Gasteiger partial charge in [-0.15, -0.1) is 24.2 Å². The number of nitrogens with two attached hydrogens (primary N) is 1. The SMILES string of the molecule is CC(C)C(C)(CN)NCCSc1ccccc1.Cl. The van der Waals surface area contributed by atoms with E-state index in [0.717, 1.165) is 12.3 Å². The smallest absolute Gasteiger partial charge is 0.0299 e. The number of thioether (sulfide) groups is 1. The average molecular weight is 289 g/mol. The quantitative estimate of drug-likeness (QED) is 0.598. The van der Waals surface area contributed by atoms with Crippen LogP contribution in [-0.4, -0.2) is 24.4 Å². The zero-order valence-corrected chi connectivity index (χ0v) is 13.1. The molecule has 1 aromatic rings. The van der Waals surface area contributed by atoms with Gasteiger partial charge in [-0.2, -0.15) is 0 Å². The molecule has 1 aromatic carbocycles. The first-order valence-electron chi connectivity index (χ1n) is 6.21. The summed E-state index contributed by atoms with van der Waals surface area (Å²) in [7, 11) is 0. The number of benzene rings is 1. The molecule has 0 saturated heterocycles. The third-order valence-electron chi connectivity index (χ3n) is 3.34. The second-order valence-corrected chi connectivity index (χ2v) is 6.03. The lowest BCUT2D eigenvalue weighted by Crippen LogP contribution is -2.53. The van der Waals surface area contributed by atoms with Gasteiger partial charge in [0.05, 0.1) is 0 Å². The molecule has 0 aliphatic heterocycles. The Kier molecular flexibility index (Phi) is 8.70. The van der Waals surface area contributed by atoms with Gasteiger partial charge in [0.25, 0.3) is 0 Å². The molecule has 0 radical (unpaired) electrons. The third kappa shape index (κ3) is 5.61. The van der Waals surface area contributed by atoms with Gasteiger partial charge in [-0.25, -0.2) is 0 Å². The molecule has 0 spiro atoms. The molecule has 2 nitrogen and oxygen atoms in total. The van der Waals surface area contributed by atoms with Crippen LogP contribution in [0.3, 0.4) is 0 Å². The van der Waals surface area contributed by atoms with E-state index in [-0.39, 0.29) is 17.9 Å². The Morgan fingerprint density at radius 3 is 2.39 bits per heavy atom. The molecule has 0 saturated carbocycles. The minimum absolute atomic E-state index is 0. The minimum atomic E-state index is 0. The lowest BCUT2D eigenvalue weighted by molar-refractivity contribution is 0.276. The molecule has 0 heterocycles. The summed E-state index contributed by atoms with van der Waals surface area (Å²) in [6.07, 6.45) is 0. The van der Waals surface area contributed by atoms with Crippen LogP contribution in [0.15, 0.2) is 35.2 Å². The Hall–Kier alpha value is -0.220. The van der Waals surface area contributed by atoms with Crippen molar-refractivity contribution in [2.24, 2.45) is 11.7 Å². The first-order valence-corrected chi connectivity index (χ1v) is 7.20. The monoisotopic (exact) mass is 288 g/mol. The topological polar surface area (TPSA) is 38.0 Å². The van der Waals surface area contributed by atoms with Crippen LogP contribution in [0.4, 0.5) is 0 Å². The zero-order valence-electron chi connectivity index (χ0n) is 11.5. The molecular weight excluding hydrogens is 264 g/mol. The Bertz CT molecular complexity index is 319. The summed E-state index contributed by atoms with van der Waals surface area (Å²) in [6, 6.07) is 10.5. The highest BCUT2D eigenvalue weighted by Gasteiger charge is 2.25. The first-order chi connectivity index (χ1) is 8.08. The fraction of sp³-hybridized carbons (Fsp3) is 0.571. The highest BCUT2D eigenvalue weighted by molar-refractivity contribution is 7.99. The predicted octanol–water partition coefficient (Wildman–Crippen LogP) is 3.16. The Labute approximate surface area is 122 Å². The molecule has 3 N–H and O–H groups in total. The summed E-state index contributed by atoms with van der Waals surface area (Å²) in [5.74, 6) is 1.63. The molecule has 0 amide bonds. The van der Waals surface area contributed by atoms with Crippen molar-refractivity contribution in [3.05, 3.63) is 30.3 Å². The van der Waals surface area contributed by atoms with E-state index < -0.39 is 0 Å². The van der Waals surface area contributed by atoms with Gasteiger partial charge < -0.3 is 11.1 Å². The van der Waals surface area contributed by atoms with Crippen LogP contribution in [0.2, 0.25) is 0 Å². The molecule has 104 valence electrons. The number of halogens is 1. The van der Waals surface area contributed by atoms with Gasteiger partial charge in [0.1, 0.15) is 0 Å². The normalized spacial score (nSPS) is 14.1. The molecule has 0 aliphatic carbocycles. The maximum absolute atomic E-state index is 5.83. The highest BCUT2D eigenvalue weighted by atomic mass is 35.5. The van der Waals surface area contributed by atoms with Gasteiger partial charge in [0.15, 0.2) is 0 Å². The van der Waals surface area contributed by atoms with E-state index in [1.165, 1.54) is 4.90 Å². The molecule has 1 rings (SSSR count). The number of rotatable bonds is 7. The van der Waals surface area contributed by atoms with E-state index in [0.29, 0.717) is 12.5 Å². The maximum Gasteiger partial charge on any atom is 0.0299 e. The largest absolute Gasteiger partial charge is 0.329 e. The third-order valence-corrected chi connectivity index (χ3v) is 4.35. The molecular formula is C14H25ClN2S. The van der Waals surface area contributed by atoms with E-state index in [1.807, 2.05) is 17.8 Å². The van der Waals surface area contributed by atoms with E-state index in [1.54, 1.807) is 0 Å². The summed E-state index contributed by atoms with van der Waals surface area (Å²) < 4.78 is 0. The number of nitrogens with one attached hydrogen (secondary N) is 1. The molecule has 18 heavy (non-hydrogen) atoms. The van der Waals surface area contributed by atoms with Gasteiger partial charge in [-0.1, -0.05) is 32.0 Å². The van der Waals surface area contributed by atoms with Gasteiger partial charge in [-0.3, -0.25) is 0 Å². The van der Waals surface area contributed by atoms with Crippen LogP contribution in [0.5, 0.6) is 0 Å². The van der Waals surface area contributed by atoms with Gasteiger partial charge in [0.2, 0.25) is 0 Å². The molecule has 0 aromatic heterocycles. The fourth-order valence-electron chi connectivity index (χ4n) is 1.53. The van der Waals surface area contributed by atoms with Crippen LogP contribution in [0.25, 0.3) is 0 Å². The molecule has 1 unspecified atom stereocenters. The van der Waals surface area contributed by atoms with Crippen molar-refractivity contribution in [3.8, 4) is 0 Å².